The molecule has 6 heteroatoms. The quantitative estimate of drug-likeness (QED) is 0.823. The number of hydrogen-bond acceptors (Lipinski definition) is 4. The molecule has 0 radical (unpaired) electrons. The number of benzene rings is 1. The third-order valence-corrected chi connectivity index (χ3v) is 2.85. The summed E-state index contributed by atoms with van der Waals surface area (Å²) in [6.07, 6.45) is -0.734. The van der Waals surface area contributed by atoms with Crippen molar-refractivity contribution in [2.75, 3.05) is 6.61 Å². The topological polar surface area (TPSA) is 75.6 Å². The number of rotatable bonds is 4. The second kappa shape index (κ2) is 6.85. The van der Waals surface area contributed by atoms with Gasteiger partial charge in [0.15, 0.2) is 5.78 Å². The standard InChI is InChI=1S/C14H18BrNO4/c1-14(2,3)20-13(19)16-11(8-17)12(18)9-4-6-10(15)7-5-9/h4-7,11,17H,8H2,1-3H3,(H,16,19)/t11-/m0/s1. The Hall–Kier alpha value is -1.40. The SMILES string of the molecule is CC(C)(C)OC(=O)N[C@@H](CO)C(=O)c1ccc(Br)cc1. The Kier molecular flexibility index (Phi) is 5.71. The van der Waals surface area contributed by atoms with Gasteiger partial charge in [0.2, 0.25) is 0 Å². The molecule has 110 valence electrons. The number of alkyl carbamates (subject to hydrolysis) is 1. The lowest BCUT2D eigenvalue weighted by atomic mass is 10.1. The van der Waals surface area contributed by atoms with E-state index in [0.717, 1.165) is 4.47 Å². The Balaban J connectivity index is 2.73. The molecule has 1 aromatic carbocycles. The predicted molar refractivity (Wildman–Crippen MR) is 78.7 cm³/mol. The predicted octanol–water partition coefficient (Wildman–Crippen LogP) is 2.52. The van der Waals surface area contributed by atoms with E-state index in [1.807, 2.05) is 0 Å². The molecular weight excluding hydrogens is 326 g/mol. The largest absolute Gasteiger partial charge is 0.444 e. The number of amides is 1. The third kappa shape index (κ3) is 5.30. The van der Waals surface area contributed by atoms with Crippen molar-refractivity contribution in [2.24, 2.45) is 0 Å². The van der Waals surface area contributed by atoms with E-state index in [4.69, 9.17) is 4.74 Å². The molecule has 1 amide bonds. The summed E-state index contributed by atoms with van der Waals surface area (Å²) in [6, 6.07) is 5.65. The molecule has 0 aromatic heterocycles. The van der Waals surface area contributed by atoms with Crippen LogP contribution in [0.5, 0.6) is 0 Å². The Bertz CT molecular complexity index is 479. The first-order valence-corrected chi connectivity index (χ1v) is 6.92. The van der Waals surface area contributed by atoms with Gasteiger partial charge >= 0.3 is 6.09 Å². The summed E-state index contributed by atoms with van der Waals surface area (Å²) in [7, 11) is 0. The summed E-state index contributed by atoms with van der Waals surface area (Å²) < 4.78 is 5.90. The molecule has 5 nitrogen and oxygen atoms in total. The molecule has 0 heterocycles. The fourth-order valence-corrected chi connectivity index (χ4v) is 1.72. The van der Waals surface area contributed by atoms with Gasteiger partial charge in [-0.2, -0.15) is 0 Å². The Morgan fingerprint density at radius 1 is 1.30 bits per heavy atom. The molecule has 1 atom stereocenters. The number of carbonyl (C=O) groups is 2. The van der Waals surface area contributed by atoms with Crippen LogP contribution in [0.3, 0.4) is 0 Å². The van der Waals surface area contributed by atoms with Gasteiger partial charge in [-0.05, 0) is 32.9 Å². The molecule has 0 fully saturated rings. The zero-order valence-corrected chi connectivity index (χ0v) is 13.2. The maximum absolute atomic E-state index is 12.1. The molecule has 0 aliphatic heterocycles. The Labute approximate surface area is 126 Å². The van der Waals surface area contributed by atoms with Crippen LogP contribution in [-0.4, -0.2) is 35.2 Å². The number of carbonyl (C=O) groups excluding carboxylic acids is 2. The second-order valence-corrected chi connectivity index (χ2v) is 6.17. The lowest BCUT2D eigenvalue weighted by Crippen LogP contribution is -2.45. The number of ether oxygens (including phenoxy) is 1. The van der Waals surface area contributed by atoms with Crippen LogP contribution in [0.2, 0.25) is 0 Å². The summed E-state index contributed by atoms with van der Waals surface area (Å²) in [5.74, 6) is -0.370. The molecule has 0 aliphatic carbocycles. The van der Waals surface area contributed by atoms with Crippen LogP contribution in [0.25, 0.3) is 0 Å². The zero-order chi connectivity index (χ0) is 15.3. The molecule has 0 saturated carbocycles. The number of Topliss-reactive ketones (excluding diaryl/α,β-unsaturated/α-hetero) is 1. The monoisotopic (exact) mass is 343 g/mol. The summed E-state index contributed by atoms with van der Waals surface area (Å²) >= 11 is 3.27. The summed E-state index contributed by atoms with van der Waals surface area (Å²) in [6.45, 7) is 4.67. The Morgan fingerprint density at radius 2 is 1.85 bits per heavy atom. The molecule has 2 N–H and O–H groups in total. The van der Waals surface area contributed by atoms with Gasteiger partial charge in [0.25, 0.3) is 0 Å². The van der Waals surface area contributed by atoms with E-state index >= 15 is 0 Å². The highest BCUT2D eigenvalue weighted by atomic mass is 79.9. The van der Waals surface area contributed by atoms with E-state index in [1.165, 1.54) is 0 Å². The highest BCUT2D eigenvalue weighted by molar-refractivity contribution is 9.10. The van der Waals surface area contributed by atoms with Crippen LogP contribution in [-0.2, 0) is 4.74 Å². The first kappa shape index (κ1) is 16.7. The number of ketones is 1. The van der Waals surface area contributed by atoms with Crippen LogP contribution in [0.15, 0.2) is 28.7 Å². The van der Waals surface area contributed by atoms with Crippen molar-refractivity contribution >= 4 is 27.8 Å². The van der Waals surface area contributed by atoms with Crippen LogP contribution >= 0.6 is 15.9 Å². The van der Waals surface area contributed by atoms with Crippen molar-refractivity contribution in [2.45, 2.75) is 32.4 Å². The van der Waals surface area contributed by atoms with Crippen molar-refractivity contribution in [1.82, 2.24) is 5.32 Å². The normalized spacial score (nSPS) is 12.7. The van der Waals surface area contributed by atoms with E-state index in [9.17, 15) is 14.7 Å². The van der Waals surface area contributed by atoms with Crippen LogP contribution in [0, 0.1) is 0 Å². The number of aliphatic hydroxyl groups is 1. The molecule has 0 spiro atoms. The van der Waals surface area contributed by atoms with Crippen molar-refractivity contribution in [1.29, 1.82) is 0 Å². The summed E-state index contributed by atoms with van der Waals surface area (Å²) in [4.78, 5) is 23.8. The maximum atomic E-state index is 12.1. The van der Waals surface area contributed by atoms with Gasteiger partial charge in [0.05, 0.1) is 6.61 Å². The van der Waals surface area contributed by atoms with Gasteiger partial charge in [-0.1, -0.05) is 28.1 Å². The van der Waals surface area contributed by atoms with E-state index in [1.54, 1.807) is 45.0 Å². The van der Waals surface area contributed by atoms with Gasteiger partial charge in [-0.3, -0.25) is 4.79 Å². The van der Waals surface area contributed by atoms with E-state index in [2.05, 4.69) is 21.2 Å². The van der Waals surface area contributed by atoms with Crippen LogP contribution < -0.4 is 5.32 Å². The van der Waals surface area contributed by atoms with Crippen molar-refractivity contribution in [3.8, 4) is 0 Å². The third-order valence-electron chi connectivity index (χ3n) is 2.32. The number of aliphatic hydroxyl groups excluding tert-OH is 1. The fraction of sp³-hybridized carbons (Fsp3) is 0.429. The maximum Gasteiger partial charge on any atom is 0.408 e. The van der Waals surface area contributed by atoms with Gasteiger partial charge in [-0.15, -0.1) is 0 Å². The first-order chi connectivity index (χ1) is 9.23. The molecule has 0 bridgehead atoms. The van der Waals surface area contributed by atoms with E-state index < -0.39 is 24.3 Å². The van der Waals surface area contributed by atoms with Crippen LogP contribution in [0.4, 0.5) is 4.79 Å². The van der Waals surface area contributed by atoms with Crippen molar-refractivity contribution in [3.05, 3.63) is 34.3 Å². The zero-order valence-electron chi connectivity index (χ0n) is 11.6. The second-order valence-electron chi connectivity index (χ2n) is 5.25. The Morgan fingerprint density at radius 3 is 2.30 bits per heavy atom. The summed E-state index contributed by atoms with van der Waals surface area (Å²) in [5, 5.41) is 11.6. The van der Waals surface area contributed by atoms with Gasteiger partial charge in [0.1, 0.15) is 11.6 Å². The summed E-state index contributed by atoms with van der Waals surface area (Å²) in [5.41, 5.74) is -0.256. The lowest BCUT2D eigenvalue weighted by Gasteiger charge is -2.22. The number of hydrogen-bond donors (Lipinski definition) is 2. The van der Waals surface area contributed by atoms with Crippen molar-refractivity contribution in [3.63, 3.8) is 0 Å². The van der Waals surface area contributed by atoms with Gasteiger partial charge < -0.3 is 15.2 Å². The van der Waals surface area contributed by atoms with Gasteiger partial charge in [-0.25, -0.2) is 4.79 Å². The molecule has 20 heavy (non-hydrogen) atoms. The smallest absolute Gasteiger partial charge is 0.408 e. The highest BCUT2D eigenvalue weighted by Gasteiger charge is 2.24. The van der Waals surface area contributed by atoms with Gasteiger partial charge in [0, 0.05) is 10.0 Å². The van der Waals surface area contributed by atoms with Crippen LogP contribution in [0.1, 0.15) is 31.1 Å². The number of halogens is 1. The first-order valence-electron chi connectivity index (χ1n) is 6.13. The molecule has 1 aromatic rings. The minimum Gasteiger partial charge on any atom is -0.444 e. The molecule has 0 unspecified atom stereocenters. The van der Waals surface area contributed by atoms with E-state index in [0.29, 0.717) is 5.56 Å². The average molecular weight is 344 g/mol. The minimum absolute atomic E-state index is 0.370. The average Bonchev–Trinajstić information content (AvgIpc) is 2.34. The highest BCUT2D eigenvalue weighted by Crippen LogP contribution is 2.12. The fourth-order valence-electron chi connectivity index (χ4n) is 1.46. The number of nitrogens with one attached hydrogen (secondary N) is 1. The van der Waals surface area contributed by atoms with Crippen molar-refractivity contribution < 1.29 is 19.4 Å². The van der Waals surface area contributed by atoms with E-state index in [-0.39, 0.29) is 5.78 Å². The minimum atomic E-state index is -1.02. The lowest BCUT2D eigenvalue weighted by molar-refractivity contribution is 0.0467. The molecular formula is C14H18BrNO4. The molecule has 1 rings (SSSR count). The molecule has 0 aliphatic rings. The molecule has 0 saturated heterocycles.